The summed E-state index contributed by atoms with van der Waals surface area (Å²) in [6.07, 6.45) is 5.14. The van der Waals surface area contributed by atoms with E-state index in [0.29, 0.717) is 17.8 Å². The molecule has 1 saturated heterocycles. The number of likely N-dealkylation sites (tertiary alicyclic amines) is 1. The lowest BCUT2D eigenvalue weighted by molar-refractivity contribution is 0.331. The molecular weight excluding hydrogens is 332 g/mol. The number of rotatable bonds is 7. The lowest BCUT2D eigenvalue weighted by Gasteiger charge is -2.22. The van der Waals surface area contributed by atoms with E-state index in [9.17, 15) is 0 Å². The normalized spacial score (nSPS) is 22.7. The average molecular weight is 365 g/mol. The monoisotopic (exact) mass is 364 g/mol. The van der Waals surface area contributed by atoms with Gasteiger partial charge in [-0.3, -0.25) is 0 Å². The summed E-state index contributed by atoms with van der Waals surface area (Å²) in [6, 6.07) is 0. The van der Waals surface area contributed by atoms with Gasteiger partial charge in [-0.05, 0) is 66.1 Å². The van der Waals surface area contributed by atoms with Crippen LogP contribution in [0.2, 0.25) is 0 Å². The Kier molecular flexibility index (Phi) is 7.62. The number of hydrogen-bond donors (Lipinski definition) is 2. The second-order valence-electron chi connectivity index (χ2n) is 7.14. The van der Waals surface area contributed by atoms with Crippen molar-refractivity contribution in [3.63, 3.8) is 0 Å². The fourth-order valence-electron chi connectivity index (χ4n) is 3.32. The zero-order chi connectivity index (χ0) is 18.4. The molecule has 2 N–H and O–H groups in total. The van der Waals surface area contributed by atoms with E-state index >= 15 is 0 Å². The van der Waals surface area contributed by atoms with Crippen molar-refractivity contribution in [2.75, 3.05) is 25.5 Å². The molecular formula is C18H32N6S. The average Bonchev–Trinajstić information content (AvgIpc) is 2.77. The smallest absolute Gasteiger partial charge is 0.227 e. The Labute approximate surface area is 156 Å². The third kappa shape index (κ3) is 6.22. The Morgan fingerprint density at radius 3 is 2.68 bits per heavy atom. The van der Waals surface area contributed by atoms with E-state index in [-0.39, 0.29) is 10.6 Å². The van der Waals surface area contributed by atoms with Crippen LogP contribution in [0.25, 0.3) is 0 Å². The maximum Gasteiger partial charge on any atom is 0.227 e. The molecule has 0 amide bonds. The molecule has 1 fully saturated rings. The van der Waals surface area contributed by atoms with Crippen LogP contribution in [-0.2, 0) is 0 Å². The van der Waals surface area contributed by atoms with Crippen LogP contribution in [0, 0.1) is 18.3 Å². The van der Waals surface area contributed by atoms with Crippen LogP contribution in [-0.4, -0.2) is 56.8 Å². The van der Waals surface area contributed by atoms with Gasteiger partial charge in [-0.25, -0.2) is 4.98 Å². The third-order valence-corrected chi connectivity index (χ3v) is 5.95. The highest BCUT2D eigenvalue weighted by molar-refractivity contribution is 8.01. The lowest BCUT2D eigenvalue weighted by Crippen LogP contribution is -2.21. The Balaban J connectivity index is 2.07. The first-order valence-corrected chi connectivity index (χ1v) is 10.2. The molecule has 140 valence electrons. The first kappa shape index (κ1) is 20.1. The molecule has 4 unspecified atom stereocenters. The van der Waals surface area contributed by atoms with Gasteiger partial charge in [-0.15, -0.1) is 11.8 Å². The minimum Gasteiger partial charge on any atom is -0.343 e. The molecule has 2 rings (SSSR count). The summed E-state index contributed by atoms with van der Waals surface area (Å²) in [5.74, 6) is 3.29. The van der Waals surface area contributed by atoms with Crippen LogP contribution < -0.4 is 5.32 Å². The number of aromatic nitrogens is 3. The molecule has 6 nitrogen and oxygen atoms in total. The van der Waals surface area contributed by atoms with E-state index in [2.05, 4.69) is 41.1 Å². The van der Waals surface area contributed by atoms with E-state index in [4.69, 9.17) is 10.4 Å². The Bertz CT molecular complexity index is 566. The SMILES string of the molecule is Cc1nc(NC(C)SC(C)C=N)nc(C(C)C2CCCN(C)CC2)n1. The van der Waals surface area contributed by atoms with Gasteiger partial charge in [0, 0.05) is 17.4 Å². The van der Waals surface area contributed by atoms with E-state index in [0.717, 1.165) is 18.2 Å². The molecule has 0 radical (unpaired) electrons. The highest BCUT2D eigenvalue weighted by Gasteiger charge is 2.24. The van der Waals surface area contributed by atoms with Gasteiger partial charge in [0.2, 0.25) is 5.95 Å². The van der Waals surface area contributed by atoms with E-state index < -0.39 is 0 Å². The minimum atomic E-state index is 0.146. The van der Waals surface area contributed by atoms with Crippen molar-refractivity contribution < 1.29 is 0 Å². The van der Waals surface area contributed by atoms with Gasteiger partial charge in [0.05, 0.1) is 5.37 Å². The molecule has 25 heavy (non-hydrogen) atoms. The van der Waals surface area contributed by atoms with Crippen LogP contribution in [0.15, 0.2) is 0 Å². The number of thioether (sulfide) groups is 1. The number of aryl methyl sites for hydroxylation is 1. The molecule has 1 aliphatic heterocycles. The van der Waals surface area contributed by atoms with Crippen molar-refractivity contribution in [2.45, 2.75) is 63.5 Å². The zero-order valence-corrected chi connectivity index (χ0v) is 16.9. The fourth-order valence-corrected chi connectivity index (χ4v) is 4.22. The summed E-state index contributed by atoms with van der Waals surface area (Å²) in [7, 11) is 2.20. The van der Waals surface area contributed by atoms with Gasteiger partial charge in [0.1, 0.15) is 11.6 Å². The summed E-state index contributed by atoms with van der Waals surface area (Å²) < 4.78 is 0. The van der Waals surface area contributed by atoms with E-state index in [1.54, 1.807) is 11.8 Å². The molecule has 1 aromatic heterocycles. The molecule has 0 aromatic carbocycles. The standard InChI is InChI=1S/C18H32N6S/c1-12(11-19)25-15(4)22-18-21-14(3)20-17(23-18)13(2)16-7-6-9-24(5)10-8-16/h11-13,15-16,19H,6-10H2,1-5H3,(H,20,21,22,23). The van der Waals surface area contributed by atoms with Crippen LogP contribution >= 0.6 is 11.8 Å². The molecule has 0 bridgehead atoms. The summed E-state index contributed by atoms with van der Waals surface area (Å²) in [6.45, 7) is 10.6. The van der Waals surface area contributed by atoms with Gasteiger partial charge in [0.15, 0.2) is 0 Å². The second-order valence-corrected chi connectivity index (χ2v) is 8.86. The summed E-state index contributed by atoms with van der Waals surface area (Å²) in [5.41, 5.74) is 0. The maximum absolute atomic E-state index is 7.33. The van der Waals surface area contributed by atoms with E-state index in [1.807, 2.05) is 13.8 Å². The Hall–Kier alpha value is -1.21. The largest absolute Gasteiger partial charge is 0.343 e. The highest BCUT2D eigenvalue weighted by atomic mass is 32.2. The van der Waals surface area contributed by atoms with Crippen molar-refractivity contribution >= 4 is 23.9 Å². The molecule has 0 aliphatic carbocycles. The minimum absolute atomic E-state index is 0.146. The summed E-state index contributed by atoms with van der Waals surface area (Å²) >= 11 is 1.69. The third-order valence-electron chi connectivity index (χ3n) is 4.86. The number of hydrogen-bond acceptors (Lipinski definition) is 7. The Morgan fingerprint density at radius 2 is 1.96 bits per heavy atom. The van der Waals surface area contributed by atoms with Gasteiger partial charge in [-0.1, -0.05) is 6.92 Å². The quantitative estimate of drug-likeness (QED) is 0.569. The van der Waals surface area contributed by atoms with Crippen LogP contribution in [0.5, 0.6) is 0 Å². The molecule has 0 saturated carbocycles. The molecule has 1 aliphatic rings. The molecule has 1 aromatic rings. The number of nitrogens with zero attached hydrogens (tertiary/aromatic N) is 4. The highest BCUT2D eigenvalue weighted by Crippen LogP contribution is 2.31. The second kappa shape index (κ2) is 9.48. The van der Waals surface area contributed by atoms with Crippen LogP contribution in [0.3, 0.4) is 0 Å². The molecule has 2 heterocycles. The van der Waals surface area contributed by atoms with Crippen molar-refractivity contribution in [3.05, 3.63) is 11.6 Å². The van der Waals surface area contributed by atoms with Crippen molar-refractivity contribution in [1.82, 2.24) is 19.9 Å². The van der Waals surface area contributed by atoms with Crippen molar-refractivity contribution in [3.8, 4) is 0 Å². The Morgan fingerprint density at radius 1 is 1.20 bits per heavy atom. The van der Waals surface area contributed by atoms with Gasteiger partial charge >= 0.3 is 0 Å². The van der Waals surface area contributed by atoms with Gasteiger partial charge in [0.25, 0.3) is 0 Å². The van der Waals surface area contributed by atoms with Crippen LogP contribution in [0.1, 0.15) is 57.6 Å². The lowest BCUT2D eigenvalue weighted by atomic mass is 9.87. The first-order valence-electron chi connectivity index (χ1n) is 9.22. The fraction of sp³-hybridized carbons (Fsp3) is 0.778. The predicted molar refractivity (Wildman–Crippen MR) is 107 cm³/mol. The number of anilines is 1. The van der Waals surface area contributed by atoms with E-state index in [1.165, 1.54) is 32.0 Å². The van der Waals surface area contributed by atoms with Crippen molar-refractivity contribution in [2.24, 2.45) is 5.92 Å². The van der Waals surface area contributed by atoms with Gasteiger partial charge < -0.3 is 15.6 Å². The molecule has 7 heteroatoms. The first-order chi connectivity index (χ1) is 11.9. The topological polar surface area (TPSA) is 77.8 Å². The zero-order valence-electron chi connectivity index (χ0n) is 16.1. The van der Waals surface area contributed by atoms with Crippen LogP contribution in [0.4, 0.5) is 5.95 Å². The maximum atomic E-state index is 7.33. The van der Waals surface area contributed by atoms with Gasteiger partial charge in [-0.2, -0.15) is 9.97 Å². The molecule has 0 spiro atoms. The summed E-state index contributed by atoms with van der Waals surface area (Å²) in [5, 5.41) is 11.0. The van der Waals surface area contributed by atoms with Crippen molar-refractivity contribution in [1.29, 1.82) is 5.41 Å². The summed E-state index contributed by atoms with van der Waals surface area (Å²) in [4.78, 5) is 16.2. The predicted octanol–water partition coefficient (Wildman–Crippen LogP) is 3.54. The number of nitrogens with one attached hydrogen (secondary N) is 2. The molecule has 4 atom stereocenters.